The van der Waals surface area contributed by atoms with Crippen LogP contribution in [0.3, 0.4) is 0 Å². The van der Waals surface area contributed by atoms with Gasteiger partial charge in [-0.05, 0) is 36.6 Å². The van der Waals surface area contributed by atoms with Crippen LogP contribution in [-0.2, 0) is 14.8 Å². The predicted molar refractivity (Wildman–Crippen MR) is 122 cm³/mol. The molecule has 2 amide bonds. The minimum atomic E-state index is -3.59. The molecule has 164 valence electrons. The van der Waals surface area contributed by atoms with Crippen LogP contribution in [0.4, 0.5) is 5.69 Å². The SMILES string of the molecule is Cc1ccc(S(=O)(=O)N2CCN(C(=O)CN3C(=O)c4cccc5cccc3c45)CC2)cc1. The van der Waals surface area contributed by atoms with Crippen molar-refractivity contribution in [2.24, 2.45) is 0 Å². The molecule has 1 saturated heterocycles. The number of sulfonamides is 1. The zero-order valence-electron chi connectivity index (χ0n) is 17.7. The first-order chi connectivity index (χ1) is 15.4. The second kappa shape index (κ2) is 7.72. The molecule has 3 aromatic rings. The first kappa shape index (κ1) is 20.7. The number of benzene rings is 3. The molecule has 32 heavy (non-hydrogen) atoms. The standard InChI is InChI=1S/C24H23N3O4S/c1-17-8-10-19(11-9-17)32(30,31)26-14-12-25(13-15-26)22(28)16-27-21-7-3-5-18-4-2-6-20(23(18)21)24(27)29/h2-11H,12-16H2,1H3. The van der Waals surface area contributed by atoms with E-state index in [-0.39, 0.29) is 36.3 Å². The number of carbonyl (C=O) groups excluding carboxylic acids is 2. The van der Waals surface area contributed by atoms with Gasteiger partial charge in [-0.2, -0.15) is 4.31 Å². The highest BCUT2D eigenvalue weighted by atomic mass is 32.2. The van der Waals surface area contributed by atoms with Gasteiger partial charge < -0.3 is 4.90 Å². The van der Waals surface area contributed by atoms with Crippen molar-refractivity contribution in [1.82, 2.24) is 9.21 Å². The fraction of sp³-hybridized carbons (Fsp3) is 0.250. The van der Waals surface area contributed by atoms with E-state index in [1.807, 2.05) is 37.3 Å². The molecule has 1 fully saturated rings. The van der Waals surface area contributed by atoms with E-state index in [0.29, 0.717) is 18.7 Å². The normalized spacial score (nSPS) is 16.7. The Balaban J connectivity index is 1.27. The van der Waals surface area contributed by atoms with E-state index in [4.69, 9.17) is 0 Å². The van der Waals surface area contributed by atoms with Crippen LogP contribution in [-0.4, -0.2) is 62.2 Å². The van der Waals surface area contributed by atoms with Gasteiger partial charge in [0.25, 0.3) is 5.91 Å². The molecule has 0 unspecified atom stereocenters. The molecule has 5 rings (SSSR count). The summed E-state index contributed by atoms with van der Waals surface area (Å²) in [5, 5.41) is 1.85. The van der Waals surface area contributed by atoms with Crippen molar-refractivity contribution >= 4 is 38.3 Å². The summed E-state index contributed by atoms with van der Waals surface area (Å²) < 4.78 is 27.2. The number of piperazine rings is 1. The number of hydrogen-bond donors (Lipinski definition) is 0. The molecule has 0 saturated carbocycles. The van der Waals surface area contributed by atoms with Crippen molar-refractivity contribution in [3.8, 4) is 0 Å². The van der Waals surface area contributed by atoms with Gasteiger partial charge in [0.1, 0.15) is 6.54 Å². The van der Waals surface area contributed by atoms with Crippen molar-refractivity contribution in [3.05, 3.63) is 71.8 Å². The topological polar surface area (TPSA) is 78.0 Å². The lowest BCUT2D eigenvalue weighted by molar-refractivity contribution is -0.130. The molecule has 0 aromatic heterocycles. The molecular weight excluding hydrogens is 426 g/mol. The molecule has 2 heterocycles. The van der Waals surface area contributed by atoms with Gasteiger partial charge in [-0.15, -0.1) is 0 Å². The van der Waals surface area contributed by atoms with Crippen LogP contribution in [0.25, 0.3) is 10.8 Å². The van der Waals surface area contributed by atoms with Crippen LogP contribution in [0.5, 0.6) is 0 Å². The van der Waals surface area contributed by atoms with Gasteiger partial charge in [-0.1, -0.05) is 42.0 Å². The third-order valence-electron chi connectivity index (χ3n) is 6.19. The number of anilines is 1. The Morgan fingerprint density at radius 1 is 0.906 bits per heavy atom. The average Bonchev–Trinajstić information content (AvgIpc) is 3.07. The molecule has 0 atom stereocenters. The van der Waals surface area contributed by atoms with E-state index in [1.165, 1.54) is 9.21 Å². The Kier molecular flexibility index (Phi) is 4.98. The van der Waals surface area contributed by atoms with Gasteiger partial charge >= 0.3 is 0 Å². The van der Waals surface area contributed by atoms with Gasteiger partial charge in [-0.25, -0.2) is 8.42 Å². The van der Waals surface area contributed by atoms with Crippen LogP contribution in [0.1, 0.15) is 15.9 Å². The maximum absolute atomic E-state index is 13.0. The molecule has 0 bridgehead atoms. The van der Waals surface area contributed by atoms with Crippen LogP contribution < -0.4 is 4.90 Å². The molecule has 3 aromatic carbocycles. The first-order valence-electron chi connectivity index (χ1n) is 10.5. The quantitative estimate of drug-likeness (QED) is 0.614. The van der Waals surface area contributed by atoms with Gasteiger partial charge in [0.2, 0.25) is 15.9 Å². The summed E-state index contributed by atoms with van der Waals surface area (Å²) >= 11 is 0. The fourth-order valence-electron chi connectivity index (χ4n) is 4.41. The predicted octanol–water partition coefficient (Wildman–Crippen LogP) is 2.64. The molecule has 0 aliphatic carbocycles. The number of rotatable bonds is 4. The summed E-state index contributed by atoms with van der Waals surface area (Å²) in [5.41, 5.74) is 2.35. The summed E-state index contributed by atoms with van der Waals surface area (Å²) in [6.07, 6.45) is 0. The Bertz CT molecular complexity index is 1320. The number of aryl methyl sites for hydroxylation is 1. The van der Waals surface area contributed by atoms with Crippen molar-refractivity contribution in [2.75, 3.05) is 37.6 Å². The van der Waals surface area contributed by atoms with Gasteiger partial charge in [-0.3, -0.25) is 14.5 Å². The van der Waals surface area contributed by atoms with E-state index in [0.717, 1.165) is 22.0 Å². The Morgan fingerprint density at radius 2 is 1.56 bits per heavy atom. The van der Waals surface area contributed by atoms with E-state index in [9.17, 15) is 18.0 Å². The number of nitrogens with zero attached hydrogens (tertiary/aromatic N) is 3. The lowest BCUT2D eigenvalue weighted by atomic mass is 10.1. The third kappa shape index (κ3) is 3.36. The molecule has 2 aliphatic rings. The minimum Gasteiger partial charge on any atom is -0.338 e. The maximum Gasteiger partial charge on any atom is 0.259 e. The maximum atomic E-state index is 13.0. The average molecular weight is 450 g/mol. The lowest BCUT2D eigenvalue weighted by Crippen LogP contribution is -2.52. The molecule has 0 radical (unpaired) electrons. The Labute approximate surface area is 186 Å². The number of amides is 2. The largest absolute Gasteiger partial charge is 0.338 e. The highest BCUT2D eigenvalue weighted by molar-refractivity contribution is 7.89. The monoisotopic (exact) mass is 449 g/mol. The van der Waals surface area contributed by atoms with Gasteiger partial charge in [0.15, 0.2) is 0 Å². The van der Waals surface area contributed by atoms with Crippen LogP contribution in [0.2, 0.25) is 0 Å². The van der Waals surface area contributed by atoms with Crippen molar-refractivity contribution < 1.29 is 18.0 Å². The highest BCUT2D eigenvalue weighted by Gasteiger charge is 2.34. The summed E-state index contributed by atoms with van der Waals surface area (Å²) in [7, 11) is -3.59. The van der Waals surface area contributed by atoms with Gasteiger partial charge in [0, 0.05) is 37.1 Å². The second-order valence-corrected chi connectivity index (χ2v) is 10.1. The Morgan fingerprint density at radius 3 is 2.25 bits per heavy atom. The van der Waals surface area contributed by atoms with E-state index in [1.54, 1.807) is 35.2 Å². The van der Waals surface area contributed by atoms with Crippen LogP contribution in [0, 0.1) is 6.92 Å². The smallest absolute Gasteiger partial charge is 0.259 e. The molecule has 0 N–H and O–H groups in total. The van der Waals surface area contributed by atoms with Crippen molar-refractivity contribution in [2.45, 2.75) is 11.8 Å². The zero-order valence-corrected chi connectivity index (χ0v) is 18.5. The van der Waals surface area contributed by atoms with E-state index in [2.05, 4.69) is 0 Å². The van der Waals surface area contributed by atoms with Crippen LogP contribution in [0.15, 0.2) is 65.6 Å². The number of carbonyl (C=O) groups is 2. The summed E-state index contributed by atoms with van der Waals surface area (Å²) in [5.74, 6) is -0.360. The molecule has 2 aliphatic heterocycles. The molecular formula is C24H23N3O4S. The third-order valence-corrected chi connectivity index (χ3v) is 8.11. The zero-order chi connectivity index (χ0) is 22.5. The molecule has 0 spiro atoms. The first-order valence-corrected chi connectivity index (χ1v) is 12.0. The summed E-state index contributed by atoms with van der Waals surface area (Å²) in [4.78, 5) is 29.3. The molecule has 8 heteroatoms. The summed E-state index contributed by atoms with van der Waals surface area (Å²) in [6.45, 7) is 2.89. The summed E-state index contributed by atoms with van der Waals surface area (Å²) in [6, 6.07) is 18.0. The molecule has 7 nitrogen and oxygen atoms in total. The van der Waals surface area contributed by atoms with Crippen molar-refractivity contribution in [3.63, 3.8) is 0 Å². The lowest BCUT2D eigenvalue weighted by Gasteiger charge is -2.34. The Hall–Kier alpha value is -3.23. The van der Waals surface area contributed by atoms with Crippen molar-refractivity contribution in [1.29, 1.82) is 0 Å². The second-order valence-electron chi connectivity index (χ2n) is 8.17. The fourth-order valence-corrected chi connectivity index (χ4v) is 5.83. The van der Waals surface area contributed by atoms with E-state index < -0.39 is 10.0 Å². The van der Waals surface area contributed by atoms with Crippen LogP contribution >= 0.6 is 0 Å². The number of hydrogen-bond acceptors (Lipinski definition) is 4. The minimum absolute atomic E-state index is 0.0582. The van der Waals surface area contributed by atoms with E-state index >= 15 is 0 Å². The highest BCUT2D eigenvalue weighted by Crippen LogP contribution is 2.37. The van der Waals surface area contributed by atoms with Gasteiger partial charge in [0.05, 0.1) is 10.6 Å².